The van der Waals surface area contributed by atoms with Gasteiger partial charge in [-0.05, 0) is 18.2 Å². The Morgan fingerprint density at radius 2 is 1.94 bits per heavy atom. The monoisotopic (exact) mass is 283 g/mol. The number of ether oxygens (including phenoxy) is 1. The van der Waals surface area contributed by atoms with Crippen LogP contribution in [0.25, 0.3) is 0 Å². The second kappa shape index (κ2) is 5.05. The zero-order valence-electron chi connectivity index (χ0n) is 9.49. The maximum atomic E-state index is 11.9. The zero-order valence-corrected chi connectivity index (χ0v) is 10.3. The van der Waals surface area contributed by atoms with Gasteiger partial charge in [-0.25, -0.2) is 8.42 Å². The molecular weight excluding hydrogens is 271 g/mol. The SMILES string of the molecule is CCS(=O)(=O)c1ccc(OCC(F)(F)F)c(N)c1. The summed E-state index contributed by atoms with van der Waals surface area (Å²) < 4.78 is 63.3. The Morgan fingerprint density at radius 3 is 2.39 bits per heavy atom. The van der Waals surface area contributed by atoms with E-state index in [0.717, 1.165) is 12.1 Å². The van der Waals surface area contributed by atoms with Crippen LogP contribution in [0.15, 0.2) is 23.1 Å². The lowest BCUT2D eigenvalue weighted by atomic mass is 10.3. The lowest BCUT2D eigenvalue weighted by Crippen LogP contribution is -2.19. The number of nitrogen functional groups attached to an aromatic ring is 1. The lowest BCUT2D eigenvalue weighted by Gasteiger charge is -2.12. The van der Waals surface area contributed by atoms with Crippen molar-refractivity contribution in [1.29, 1.82) is 0 Å². The number of anilines is 1. The van der Waals surface area contributed by atoms with Crippen LogP contribution in [0.4, 0.5) is 18.9 Å². The van der Waals surface area contributed by atoms with Crippen molar-refractivity contribution in [3.63, 3.8) is 0 Å². The minimum Gasteiger partial charge on any atom is -0.482 e. The molecule has 18 heavy (non-hydrogen) atoms. The number of sulfone groups is 1. The van der Waals surface area contributed by atoms with Crippen LogP contribution in [0, 0.1) is 0 Å². The van der Waals surface area contributed by atoms with Crippen molar-refractivity contribution in [3.05, 3.63) is 18.2 Å². The van der Waals surface area contributed by atoms with E-state index in [1.165, 1.54) is 13.0 Å². The molecule has 102 valence electrons. The van der Waals surface area contributed by atoms with Crippen LogP contribution in [-0.4, -0.2) is 27.0 Å². The smallest absolute Gasteiger partial charge is 0.422 e. The van der Waals surface area contributed by atoms with E-state index in [1.807, 2.05) is 0 Å². The summed E-state index contributed by atoms with van der Waals surface area (Å²) in [5.41, 5.74) is 5.30. The molecule has 0 aliphatic carbocycles. The van der Waals surface area contributed by atoms with Gasteiger partial charge < -0.3 is 10.5 Å². The molecule has 0 aromatic heterocycles. The van der Waals surface area contributed by atoms with Crippen molar-refractivity contribution >= 4 is 15.5 Å². The third-order valence-electron chi connectivity index (χ3n) is 2.11. The minimum atomic E-state index is -4.47. The number of rotatable bonds is 4. The first kappa shape index (κ1) is 14.6. The van der Waals surface area contributed by atoms with Crippen LogP contribution in [0.3, 0.4) is 0 Å². The van der Waals surface area contributed by atoms with Crippen LogP contribution in [0.1, 0.15) is 6.92 Å². The summed E-state index contributed by atoms with van der Waals surface area (Å²) in [7, 11) is -3.44. The largest absolute Gasteiger partial charge is 0.482 e. The summed E-state index contributed by atoms with van der Waals surface area (Å²) in [6, 6.07) is 3.37. The van der Waals surface area contributed by atoms with E-state index in [2.05, 4.69) is 4.74 Å². The molecule has 0 aliphatic heterocycles. The second-order valence-electron chi connectivity index (χ2n) is 3.51. The molecule has 0 saturated carbocycles. The van der Waals surface area contributed by atoms with Crippen molar-refractivity contribution in [3.8, 4) is 5.75 Å². The Kier molecular flexibility index (Phi) is 4.10. The molecule has 8 heteroatoms. The molecule has 0 heterocycles. The number of hydrogen-bond acceptors (Lipinski definition) is 4. The molecular formula is C10H12F3NO3S. The van der Waals surface area contributed by atoms with Gasteiger partial charge in [0.1, 0.15) is 5.75 Å². The maximum Gasteiger partial charge on any atom is 0.422 e. The number of halogens is 3. The molecule has 0 saturated heterocycles. The van der Waals surface area contributed by atoms with Gasteiger partial charge in [-0.3, -0.25) is 0 Å². The number of benzene rings is 1. The summed E-state index contributed by atoms with van der Waals surface area (Å²) >= 11 is 0. The molecule has 1 aromatic rings. The van der Waals surface area contributed by atoms with Gasteiger partial charge in [-0.2, -0.15) is 13.2 Å². The highest BCUT2D eigenvalue weighted by molar-refractivity contribution is 7.91. The van der Waals surface area contributed by atoms with Gasteiger partial charge in [0, 0.05) is 0 Å². The van der Waals surface area contributed by atoms with Gasteiger partial charge in [-0.15, -0.1) is 0 Å². The standard InChI is InChI=1S/C10H12F3NO3S/c1-2-18(15,16)7-3-4-9(8(14)5-7)17-6-10(11,12)13/h3-5H,2,6,14H2,1H3. The number of alkyl halides is 3. The van der Waals surface area contributed by atoms with E-state index in [4.69, 9.17) is 5.73 Å². The van der Waals surface area contributed by atoms with Crippen molar-refractivity contribution in [1.82, 2.24) is 0 Å². The average Bonchev–Trinajstić information content (AvgIpc) is 2.26. The van der Waals surface area contributed by atoms with Crippen LogP contribution >= 0.6 is 0 Å². The third-order valence-corrected chi connectivity index (χ3v) is 3.84. The average molecular weight is 283 g/mol. The fourth-order valence-corrected chi connectivity index (χ4v) is 2.09. The second-order valence-corrected chi connectivity index (χ2v) is 5.79. The molecule has 0 radical (unpaired) electrons. The molecule has 0 unspecified atom stereocenters. The quantitative estimate of drug-likeness (QED) is 0.858. The van der Waals surface area contributed by atoms with Gasteiger partial charge in [0.2, 0.25) is 0 Å². The highest BCUT2D eigenvalue weighted by Crippen LogP contribution is 2.27. The molecule has 2 N–H and O–H groups in total. The molecule has 0 bridgehead atoms. The van der Waals surface area contributed by atoms with Crippen LogP contribution < -0.4 is 10.5 Å². The Hall–Kier alpha value is -1.44. The third kappa shape index (κ3) is 3.80. The van der Waals surface area contributed by atoms with E-state index in [-0.39, 0.29) is 22.1 Å². The van der Waals surface area contributed by atoms with E-state index in [0.29, 0.717) is 0 Å². The summed E-state index contributed by atoms with van der Waals surface area (Å²) in [6.07, 6.45) is -4.47. The van der Waals surface area contributed by atoms with E-state index in [1.54, 1.807) is 0 Å². The molecule has 1 rings (SSSR count). The predicted octanol–water partition coefficient (Wildman–Crippen LogP) is 2.00. The number of hydrogen-bond donors (Lipinski definition) is 1. The molecule has 4 nitrogen and oxygen atoms in total. The molecule has 1 aromatic carbocycles. The Labute approximate surface area is 102 Å². The van der Waals surface area contributed by atoms with Gasteiger partial charge in [0.05, 0.1) is 16.3 Å². The van der Waals surface area contributed by atoms with Crippen LogP contribution in [-0.2, 0) is 9.84 Å². The minimum absolute atomic E-state index is 0.0399. The molecule has 0 aliphatic rings. The van der Waals surface area contributed by atoms with Crippen LogP contribution in [0.5, 0.6) is 5.75 Å². The van der Waals surface area contributed by atoms with Gasteiger partial charge in [0.25, 0.3) is 0 Å². The Balaban J connectivity index is 2.94. The van der Waals surface area contributed by atoms with E-state index in [9.17, 15) is 21.6 Å². The van der Waals surface area contributed by atoms with Crippen molar-refractivity contribution in [2.45, 2.75) is 18.0 Å². The Morgan fingerprint density at radius 1 is 1.33 bits per heavy atom. The maximum absolute atomic E-state index is 11.9. The Bertz CT molecular complexity index is 526. The molecule has 0 atom stereocenters. The normalized spacial score (nSPS) is 12.4. The van der Waals surface area contributed by atoms with Crippen molar-refractivity contribution in [2.75, 3.05) is 18.1 Å². The van der Waals surface area contributed by atoms with Crippen molar-refractivity contribution in [2.24, 2.45) is 0 Å². The lowest BCUT2D eigenvalue weighted by molar-refractivity contribution is -0.153. The van der Waals surface area contributed by atoms with Crippen LogP contribution in [0.2, 0.25) is 0 Å². The summed E-state index contributed by atoms with van der Waals surface area (Å²) in [5.74, 6) is -0.308. The molecule has 0 spiro atoms. The highest BCUT2D eigenvalue weighted by Gasteiger charge is 2.28. The topological polar surface area (TPSA) is 69.4 Å². The fraction of sp³-hybridized carbons (Fsp3) is 0.400. The first-order valence-corrected chi connectivity index (χ1v) is 6.63. The first-order valence-electron chi connectivity index (χ1n) is 4.97. The predicted molar refractivity (Wildman–Crippen MR) is 60.1 cm³/mol. The zero-order chi connectivity index (χ0) is 14.0. The molecule has 0 amide bonds. The summed E-state index contributed by atoms with van der Waals surface area (Å²) in [4.78, 5) is -0.0399. The summed E-state index contributed by atoms with van der Waals surface area (Å²) in [5, 5.41) is 0. The number of nitrogens with two attached hydrogens (primary N) is 1. The molecule has 0 fully saturated rings. The van der Waals surface area contributed by atoms with E-state index >= 15 is 0 Å². The summed E-state index contributed by atoms with van der Waals surface area (Å²) in [6.45, 7) is -0.0172. The van der Waals surface area contributed by atoms with Gasteiger partial charge >= 0.3 is 6.18 Å². The van der Waals surface area contributed by atoms with Crippen molar-refractivity contribution < 1.29 is 26.3 Å². The fourth-order valence-electron chi connectivity index (χ4n) is 1.18. The highest BCUT2D eigenvalue weighted by atomic mass is 32.2. The van der Waals surface area contributed by atoms with Gasteiger partial charge in [-0.1, -0.05) is 6.92 Å². The first-order chi connectivity index (χ1) is 8.15. The van der Waals surface area contributed by atoms with Gasteiger partial charge in [0.15, 0.2) is 16.4 Å². The van der Waals surface area contributed by atoms with E-state index < -0.39 is 22.6 Å².